The van der Waals surface area contributed by atoms with E-state index >= 15 is 0 Å². The van der Waals surface area contributed by atoms with Crippen molar-refractivity contribution in [2.75, 3.05) is 12.4 Å². The van der Waals surface area contributed by atoms with Gasteiger partial charge in [-0.2, -0.15) is 0 Å². The standard InChI is InChI=1S/C16H25NO2S/c1-5-19-14(4)13(3)16(18)17-12(2)11-20-15-9-7-6-8-10-15/h6-10,12-14H,5,11H2,1-4H3,(H,17,18). The highest BCUT2D eigenvalue weighted by Gasteiger charge is 2.21. The van der Waals surface area contributed by atoms with Gasteiger partial charge in [0.25, 0.3) is 0 Å². The summed E-state index contributed by atoms with van der Waals surface area (Å²) in [6, 6.07) is 10.4. The molecule has 0 spiro atoms. The van der Waals surface area contributed by atoms with Gasteiger partial charge in [0.05, 0.1) is 12.0 Å². The Labute approximate surface area is 126 Å². The molecule has 1 aromatic rings. The Morgan fingerprint density at radius 3 is 2.50 bits per heavy atom. The number of nitrogens with one attached hydrogen (secondary N) is 1. The average molecular weight is 295 g/mol. The normalized spacial score (nSPS) is 15.4. The largest absolute Gasteiger partial charge is 0.378 e. The minimum absolute atomic E-state index is 0.0472. The molecule has 1 rings (SSSR count). The second-order valence-corrected chi connectivity index (χ2v) is 6.08. The molecular formula is C16H25NO2S. The molecule has 0 heterocycles. The molecule has 0 aliphatic heterocycles. The smallest absolute Gasteiger partial charge is 0.225 e. The van der Waals surface area contributed by atoms with E-state index in [2.05, 4.69) is 17.4 Å². The molecule has 0 aliphatic rings. The maximum Gasteiger partial charge on any atom is 0.225 e. The maximum absolute atomic E-state index is 12.1. The molecule has 1 aromatic carbocycles. The quantitative estimate of drug-likeness (QED) is 0.748. The third kappa shape index (κ3) is 5.97. The van der Waals surface area contributed by atoms with Crippen molar-refractivity contribution >= 4 is 17.7 Å². The van der Waals surface area contributed by atoms with Crippen molar-refractivity contribution in [3.05, 3.63) is 30.3 Å². The summed E-state index contributed by atoms with van der Waals surface area (Å²) in [4.78, 5) is 13.3. The van der Waals surface area contributed by atoms with Gasteiger partial charge < -0.3 is 10.1 Å². The van der Waals surface area contributed by atoms with Gasteiger partial charge in [-0.3, -0.25) is 4.79 Å². The van der Waals surface area contributed by atoms with Crippen LogP contribution in [0.25, 0.3) is 0 Å². The predicted molar refractivity (Wildman–Crippen MR) is 85.0 cm³/mol. The minimum Gasteiger partial charge on any atom is -0.378 e. The van der Waals surface area contributed by atoms with Crippen LogP contribution in [-0.2, 0) is 9.53 Å². The third-order valence-corrected chi connectivity index (χ3v) is 4.45. The van der Waals surface area contributed by atoms with E-state index in [1.54, 1.807) is 11.8 Å². The Morgan fingerprint density at radius 1 is 1.25 bits per heavy atom. The molecule has 1 N–H and O–H groups in total. The number of thioether (sulfide) groups is 1. The lowest BCUT2D eigenvalue weighted by atomic mass is 10.1. The predicted octanol–water partition coefficient (Wildman–Crippen LogP) is 3.34. The zero-order valence-corrected chi connectivity index (χ0v) is 13.6. The number of carbonyl (C=O) groups is 1. The van der Waals surface area contributed by atoms with Crippen LogP contribution in [-0.4, -0.2) is 30.4 Å². The first-order valence-corrected chi connectivity index (χ1v) is 8.13. The number of ether oxygens (including phenoxy) is 1. The number of rotatable bonds is 8. The lowest BCUT2D eigenvalue weighted by Crippen LogP contribution is -2.41. The van der Waals surface area contributed by atoms with E-state index in [-0.39, 0.29) is 24.0 Å². The second kappa shape index (κ2) is 9.03. The van der Waals surface area contributed by atoms with Gasteiger partial charge in [-0.15, -0.1) is 11.8 Å². The first-order valence-electron chi connectivity index (χ1n) is 7.14. The number of amides is 1. The number of hydrogen-bond acceptors (Lipinski definition) is 3. The van der Waals surface area contributed by atoms with E-state index in [1.807, 2.05) is 45.9 Å². The molecule has 20 heavy (non-hydrogen) atoms. The van der Waals surface area contributed by atoms with Crippen LogP contribution in [0.15, 0.2) is 35.2 Å². The molecule has 0 saturated carbocycles. The SMILES string of the molecule is CCOC(C)C(C)C(=O)NC(C)CSc1ccccc1. The highest BCUT2D eigenvalue weighted by atomic mass is 32.2. The van der Waals surface area contributed by atoms with Crippen LogP contribution in [0.1, 0.15) is 27.7 Å². The molecule has 4 heteroatoms. The van der Waals surface area contributed by atoms with Crippen molar-refractivity contribution in [2.24, 2.45) is 5.92 Å². The molecule has 1 amide bonds. The van der Waals surface area contributed by atoms with Crippen molar-refractivity contribution in [1.82, 2.24) is 5.32 Å². The van der Waals surface area contributed by atoms with E-state index < -0.39 is 0 Å². The summed E-state index contributed by atoms with van der Waals surface area (Å²) in [7, 11) is 0. The van der Waals surface area contributed by atoms with E-state index in [9.17, 15) is 4.79 Å². The molecule has 3 unspecified atom stereocenters. The van der Waals surface area contributed by atoms with E-state index in [0.29, 0.717) is 6.61 Å². The molecule has 0 saturated heterocycles. The first-order chi connectivity index (χ1) is 9.54. The molecule has 0 fully saturated rings. The third-order valence-electron chi connectivity index (χ3n) is 3.18. The van der Waals surface area contributed by atoms with Crippen LogP contribution in [0.2, 0.25) is 0 Å². The molecule has 3 atom stereocenters. The molecule has 3 nitrogen and oxygen atoms in total. The zero-order chi connectivity index (χ0) is 15.0. The summed E-state index contributed by atoms with van der Waals surface area (Å²) in [6.07, 6.45) is -0.0472. The summed E-state index contributed by atoms with van der Waals surface area (Å²) < 4.78 is 5.47. The summed E-state index contributed by atoms with van der Waals surface area (Å²) in [5.41, 5.74) is 0. The van der Waals surface area contributed by atoms with Crippen molar-refractivity contribution in [1.29, 1.82) is 0 Å². The Morgan fingerprint density at radius 2 is 1.90 bits per heavy atom. The minimum atomic E-state index is -0.126. The van der Waals surface area contributed by atoms with Gasteiger partial charge in [0.2, 0.25) is 5.91 Å². The molecule has 0 aliphatic carbocycles. The van der Waals surface area contributed by atoms with Crippen molar-refractivity contribution < 1.29 is 9.53 Å². The highest BCUT2D eigenvalue weighted by molar-refractivity contribution is 7.99. The fourth-order valence-electron chi connectivity index (χ4n) is 1.77. The molecule has 0 bridgehead atoms. The summed E-state index contributed by atoms with van der Waals surface area (Å²) in [6.45, 7) is 8.47. The highest BCUT2D eigenvalue weighted by Crippen LogP contribution is 2.18. The van der Waals surface area contributed by atoms with E-state index in [1.165, 1.54) is 4.90 Å². The average Bonchev–Trinajstić information content (AvgIpc) is 2.45. The van der Waals surface area contributed by atoms with Crippen LogP contribution in [0.5, 0.6) is 0 Å². The number of carbonyl (C=O) groups excluding carboxylic acids is 1. The van der Waals surface area contributed by atoms with Crippen LogP contribution in [0, 0.1) is 5.92 Å². The summed E-state index contributed by atoms with van der Waals surface area (Å²) >= 11 is 1.75. The first kappa shape index (κ1) is 17.1. The van der Waals surface area contributed by atoms with Gasteiger partial charge in [-0.05, 0) is 32.9 Å². The van der Waals surface area contributed by atoms with Gasteiger partial charge in [0.15, 0.2) is 0 Å². The second-order valence-electron chi connectivity index (χ2n) is 4.98. The van der Waals surface area contributed by atoms with Crippen LogP contribution in [0.4, 0.5) is 0 Å². The molecule has 0 aromatic heterocycles. The lowest BCUT2D eigenvalue weighted by molar-refractivity contribution is -0.129. The van der Waals surface area contributed by atoms with Crippen LogP contribution >= 0.6 is 11.8 Å². The van der Waals surface area contributed by atoms with Crippen LogP contribution < -0.4 is 5.32 Å². The maximum atomic E-state index is 12.1. The monoisotopic (exact) mass is 295 g/mol. The van der Waals surface area contributed by atoms with Gasteiger partial charge in [0, 0.05) is 23.3 Å². The Kier molecular flexibility index (Phi) is 7.70. The summed E-state index contributed by atoms with van der Waals surface area (Å²) in [5.74, 6) is 0.803. The number of hydrogen-bond donors (Lipinski definition) is 1. The lowest BCUT2D eigenvalue weighted by Gasteiger charge is -2.22. The van der Waals surface area contributed by atoms with Crippen LogP contribution in [0.3, 0.4) is 0 Å². The fraction of sp³-hybridized carbons (Fsp3) is 0.562. The van der Waals surface area contributed by atoms with Crippen molar-refractivity contribution in [3.8, 4) is 0 Å². The Bertz CT molecular complexity index is 397. The van der Waals surface area contributed by atoms with Gasteiger partial charge >= 0.3 is 0 Å². The van der Waals surface area contributed by atoms with Gasteiger partial charge in [-0.25, -0.2) is 0 Å². The Balaban J connectivity index is 2.34. The van der Waals surface area contributed by atoms with E-state index in [0.717, 1.165) is 5.75 Å². The Hall–Kier alpha value is -1.00. The van der Waals surface area contributed by atoms with Crippen molar-refractivity contribution in [2.45, 2.75) is 44.7 Å². The fourth-order valence-corrected chi connectivity index (χ4v) is 2.65. The topological polar surface area (TPSA) is 38.3 Å². The summed E-state index contributed by atoms with van der Waals surface area (Å²) in [5, 5.41) is 3.05. The number of benzene rings is 1. The zero-order valence-electron chi connectivity index (χ0n) is 12.8. The molecule has 112 valence electrons. The molecule has 0 radical (unpaired) electrons. The van der Waals surface area contributed by atoms with Crippen molar-refractivity contribution in [3.63, 3.8) is 0 Å². The van der Waals surface area contributed by atoms with Gasteiger partial charge in [-0.1, -0.05) is 25.1 Å². The van der Waals surface area contributed by atoms with Gasteiger partial charge in [0.1, 0.15) is 0 Å². The molecular weight excluding hydrogens is 270 g/mol. The van der Waals surface area contributed by atoms with E-state index in [4.69, 9.17) is 4.74 Å².